The second-order valence-corrected chi connectivity index (χ2v) is 1.08. The molecule has 42 valence electrons. The Labute approximate surface area is 43.4 Å². The molecule has 0 radical (unpaired) electrons. The average Bonchev–Trinajstić information content (AvgIpc) is 1.68. The number of hydrogen-bond acceptors (Lipinski definition) is 2. The van der Waals surface area contributed by atoms with Gasteiger partial charge in [-0.25, -0.2) is 0 Å². The Morgan fingerprint density at radius 1 is 2.00 bits per heavy atom. The normalized spacial score (nSPS) is 13.4. The molecule has 1 N–H and O–H groups in total. The topological polar surface area (TPSA) is 29.5 Å². The Bertz CT molecular complexity index is 52.0. The quantitative estimate of drug-likeness (QED) is 0.416. The van der Waals surface area contributed by atoms with Crippen molar-refractivity contribution in [3.63, 3.8) is 0 Å². The summed E-state index contributed by atoms with van der Waals surface area (Å²) in [5.41, 5.74) is 0. The Balaban J connectivity index is 2.98. The molecule has 0 aromatic rings. The van der Waals surface area contributed by atoms with Crippen molar-refractivity contribution in [2.75, 3.05) is 6.61 Å². The molecule has 0 heterocycles. The zero-order chi connectivity index (χ0) is 5.70. The van der Waals surface area contributed by atoms with Crippen LogP contribution >= 0.6 is 0 Å². The fourth-order valence-corrected chi connectivity index (χ4v) is 0.239. The van der Waals surface area contributed by atoms with Crippen LogP contribution in [0.2, 0.25) is 0 Å². The lowest BCUT2D eigenvalue weighted by molar-refractivity contribution is -0.0584. The van der Waals surface area contributed by atoms with E-state index in [4.69, 9.17) is 5.11 Å². The molecule has 0 saturated carbocycles. The van der Waals surface area contributed by atoms with Crippen LogP contribution in [0.1, 0.15) is 6.92 Å². The molecular formula is C5H10O2. The van der Waals surface area contributed by atoms with Gasteiger partial charge >= 0.3 is 0 Å². The van der Waals surface area contributed by atoms with E-state index in [1.807, 2.05) is 6.92 Å². The summed E-state index contributed by atoms with van der Waals surface area (Å²) in [6.45, 7) is 5.64. The molecule has 0 aromatic heterocycles. The highest BCUT2D eigenvalue weighted by Gasteiger charge is 1.89. The van der Waals surface area contributed by atoms with Crippen LogP contribution in [-0.2, 0) is 4.74 Å². The predicted molar refractivity (Wildman–Crippen MR) is 27.8 cm³/mol. The summed E-state index contributed by atoms with van der Waals surface area (Å²) in [6.07, 6.45) is 0.550. The number of aliphatic hydroxyl groups is 1. The Morgan fingerprint density at radius 2 is 2.57 bits per heavy atom. The van der Waals surface area contributed by atoms with E-state index in [-0.39, 0.29) is 0 Å². The molecular weight excluding hydrogens is 92.1 g/mol. The molecule has 0 aliphatic carbocycles. The van der Waals surface area contributed by atoms with Crippen LogP contribution < -0.4 is 0 Å². The maximum Gasteiger partial charge on any atom is 0.173 e. The van der Waals surface area contributed by atoms with Gasteiger partial charge in [0.05, 0.1) is 0 Å². The van der Waals surface area contributed by atoms with Gasteiger partial charge < -0.3 is 9.84 Å². The maximum absolute atomic E-state index is 8.52. The van der Waals surface area contributed by atoms with E-state index in [1.54, 1.807) is 0 Å². The van der Waals surface area contributed by atoms with E-state index < -0.39 is 6.29 Å². The molecule has 1 atom stereocenters. The smallest absolute Gasteiger partial charge is 0.173 e. The third-order valence-corrected chi connectivity index (χ3v) is 0.539. The molecule has 7 heavy (non-hydrogen) atoms. The van der Waals surface area contributed by atoms with E-state index in [0.29, 0.717) is 6.61 Å². The summed E-state index contributed by atoms with van der Waals surface area (Å²) in [7, 11) is 0. The third kappa shape index (κ3) is 3.49. The summed E-state index contributed by atoms with van der Waals surface area (Å²) in [6, 6.07) is 0. The SMILES string of the molecule is C=CC(O)OCC. The van der Waals surface area contributed by atoms with Crippen molar-refractivity contribution in [2.45, 2.75) is 13.2 Å². The standard InChI is InChI=1S/C5H10O2/c1-3-5(6)7-4-2/h3,5-6H,1,4H2,2H3. The summed E-state index contributed by atoms with van der Waals surface area (Å²) in [5.74, 6) is 0. The number of aliphatic hydroxyl groups excluding tert-OH is 1. The van der Waals surface area contributed by atoms with Gasteiger partial charge in [0, 0.05) is 6.61 Å². The molecule has 0 aliphatic rings. The van der Waals surface area contributed by atoms with E-state index in [2.05, 4.69) is 11.3 Å². The third-order valence-electron chi connectivity index (χ3n) is 0.539. The maximum atomic E-state index is 8.52. The van der Waals surface area contributed by atoms with Crippen molar-refractivity contribution in [3.8, 4) is 0 Å². The van der Waals surface area contributed by atoms with Gasteiger partial charge in [-0.05, 0) is 13.0 Å². The average molecular weight is 102 g/mol. The Morgan fingerprint density at radius 3 is 2.71 bits per heavy atom. The molecule has 0 fully saturated rings. The summed E-state index contributed by atoms with van der Waals surface area (Å²) >= 11 is 0. The monoisotopic (exact) mass is 102 g/mol. The summed E-state index contributed by atoms with van der Waals surface area (Å²) in [4.78, 5) is 0. The second-order valence-electron chi connectivity index (χ2n) is 1.08. The minimum absolute atomic E-state index is 0.521. The number of rotatable bonds is 3. The number of hydrogen-bond donors (Lipinski definition) is 1. The minimum atomic E-state index is -0.787. The molecule has 2 heteroatoms. The van der Waals surface area contributed by atoms with Crippen molar-refractivity contribution in [1.82, 2.24) is 0 Å². The van der Waals surface area contributed by atoms with Gasteiger partial charge in [-0.1, -0.05) is 6.58 Å². The van der Waals surface area contributed by atoms with Crippen molar-refractivity contribution < 1.29 is 9.84 Å². The fourth-order valence-electron chi connectivity index (χ4n) is 0.239. The van der Waals surface area contributed by atoms with Gasteiger partial charge in [0.1, 0.15) is 0 Å². The lowest BCUT2D eigenvalue weighted by atomic mass is 10.6. The molecule has 0 aliphatic heterocycles. The largest absolute Gasteiger partial charge is 0.365 e. The lowest BCUT2D eigenvalue weighted by Crippen LogP contribution is -2.06. The number of ether oxygens (including phenoxy) is 1. The van der Waals surface area contributed by atoms with Gasteiger partial charge in [-0.3, -0.25) is 0 Å². The first kappa shape index (κ1) is 6.66. The molecule has 1 unspecified atom stereocenters. The lowest BCUT2D eigenvalue weighted by Gasteiger charge is -2.01. The first-order valence-corrected chi connectivity index (χ1v) is 2.23. The van der Waals surface area contributed by atoms with Crippen LogP contribution in [-0.4, -0.2) is 18.0 Å². The highest BCUT2D eigenvalue weighted by Crippen LogP contribution is 1.83. The molecule has 0 aromatic carbocycles. The molecule has 0 spiro atoms. The minimum Gasteiger partial charge on any atom is -0.365 e. The van der Waals surface area contributed by atoms with E-state index in [9.17, 15) is 0 Å². The first-order valence-electron chi connectivity index (χ1n) is 2.23. The second kappa shape index (κ2) is 3.84. The van der Waals surface area contributed by atoms with Crippen LogP contribution in [0.5, 0.6) is 0 Å². The van der Waals surface area contributed by atoms with Crippen molar-refractivity contribution in [2.24, 2.45) is 0 Å². The predicted octanol–water partition coefficient (Wildman–Crippen LogP) is 0.527. The van der Waals surface area contributed by atoms with Gasteiger partial charge in [0.15, 0.2) is 6.29 Å². The van der Waals surface area contributed by atoms with Crippen LogP contribution in [0.4, 0.5) is 0 Å². The molecule has 0 saturated heterocycles. The zero-order valence-electron chi connectivity index (χ0n) is 4.42. The van der Waals surface area contributed by atoms with Crippen LogP contribution in [0.25, 0.3) is 0 Å². The van der Waals surface area contributed by atoms with Crippen molar-refractivity contribution >= 4 is 0 Å². The highest BCUT2D eigenvalue weighted by molar-refractivity contribution is 4.68. The van der Waals surface area contributed by atoms with Crippen LogP contribution in [0.3, 0.4) is 0 Å². The molecule has 0 rings (SSSR count). The van der Waals surface area contributed by atoms with Crippen LogP contribution in [0, 0.1) is 0 Å². The van der Waals surface area contributed by atoms with E-state index >= 15 is 0 Å². The van der Waals surface area contributed by atoms with Crippen LogP contribution in [0.15, 0.2) is 12.7 Å². The van der Waals surface area contributed by atoms with Crippen molar-refractivity contribution in [3.05, 3.63) is 12.7 Å². The zero-order valence-corrected chi connectivity index (χ0v) is 4.42. The highest BCUT2D eigenvalue weighted by atomic mass is 16.6. The van der Waals surface area contributed by atoms with Gasteiger partial charge in [0.2, 0.25) is 0 Å². The van der Waals surface area contributed by atoms with E-state index in [0.717, 1.165) is 0 Å². The molecule has 2 nitrogen and oxygen atoms in total. The van der Waals surface area contributed by atoms with E-state index in [1.165, 1.54) is 6.08 Å². The van der Waals surface area contributed by atoms with Crippen molar-refractivity contribution in [1.29, 1.82) is 0 Å². The fraction of sp³-hybridized carbons (Fsp3) is 0.600. The Kier molecular flexibility index (Phi) is 3.65. The summed E-state index contributed by atoms with van der Waals surface area (Å²) < 4.78 is 4.63. The molecule has 0 amide bonds. The summed E-state index contributed by atoms with van der Waals surface area (Å²) in [5, 5.41) is 8.52. The van der Waals surface area contributed by atoms with Gasteiger partial charge in [0.25, 0.3) is 0 Å². The van der Waals surface area contributed by atoms with Gasteiger partial charge in [-0.15, -0.1) is 0 Å². The first-order chi connectivity index (χ1) is 3.31. The molecule has 0 bridgehead atoms. The van der Waals surface area contributed by atoms with Gasteiger partial charge in [-0.2, -0.15) is 0 Å². The Hall–Kier alpha value is -0.340.